The molecule has 0 aliphatic carbocycles. The molecule has 0 aliphatic rings. The molecule has 0 saturated heterocycles. The zero-order valence-electron chi connectivity index (χ0n) is 12.1. The van der Waals surface area contributed by atoms with Crippen LogP contribution in [0.15, 0.2) is 18.3 Å². The Bertz CT molecular complexity index is 392. The number of amides is 1. The molecule has 1 amide bonds. The van der Waals surface area contributed by atoms with Crippen molar-refractivity contribution in [1.29, 1.82) is 0 Å². The van der Waals surface area contributed by atoms with Crippen LogP contribution in [0.1, 0.15) is 31.3 Å². The van der Waals surface area contributed by atoms with Crippen molar-refractivity contribution in [2.45, 2.75) is 26.8 Å². The molecule has 1 atom stereocenters. The number of nitrogens with one attached hydrogen (secondary N) is 1. The van der Waals surface area contributed by atoms with E-state index in [0.29, 0.717) is 18.8 Å². The van der Waals surface area contributed by atoms with Crippen LogP contribution in [0.5, 0.6) is 0 Å². The second kappa shape index (κ2) is 7.74. The molecule has 0 saturated carbocycles. The van der Waals surface area contributed by atoms with Crippen LogP contribution >= 0.6 is 0 Å². The number of aromatic nitrogens is 1. The van der Waals surface area contributed by atoms with E-state index in [0.717, 1.165) is 12.2 Å². The molecule has 0 aliphatic heterocycles. The minimum absolute atomic E-state index is 0.0396. The Hall–Kier alpha value is -1.62. The smallest absolute Gasteiger partial charge is 0.272 e. The summed E-state index contributed by atoms with van der Waals surface area (Å²) in [7, 11) is 1.64. The van der Waals surface area contributed by atoms with Gasteiger partial charge in [-0.15, -0.1) is 0 Å². The van der Waals surface area contributed by atoms with Crippen LogP contribution in [0, 0.1) is 0 Å². The quantitative estimate of drug-likeness (QED) is 0.819. The first-order chi connectivity index (χ1) is 9.13. The van der Waals surface area contributed by atoms with E-state index >= 15 is 0 Å². The summed E-state index contributed by atoms with van der Waals surface area (Å²) in [5.41, 5.74) is 1.39. The van der Waals surface area contributed by atoms with Gasteiger partial charge in [0.25, 0.3) is 5.91 Å². The van der Waals surface area contributed by atoms with E-state index in [1.165, 1.54) is 0 Å². The summed E-state index contributed by atoms with van der Waals surface area (Å²) in [6.07, 6.45) is 1.69. The number of anilines is 1. The van der Waals surface area contributed by atoms with Gasteiger partial charge in [0.15, 0.2) is 0 Å². The predicted molar refractivity (Wildman–Crippen MR) is 76.4 cm³/mol. The lowest BCUT2D eigenvalue weighted by Crippen LogP contribution is -2.41. The molecular weight excluding hydrogens is 242 g/mol. The molecule has 0 aromatic carbocycles. The molecule has 106 valence electrons. The number of pyridine rings is 1. The van der Waals surface area contributed by atoms with E-state index < -0.39 is 0 Å². The van der Waals surface area contributed by atoms with Gasteiger partial charge in [-0.2, -0.15) is 0 Å². The van der Waals surface area contributed by atoms with Gasteiger partial charge in [-0.25, -0.2) is 4.98 Å². The van der Waals surface area contributed by atoms with E-state index in [9.17, 15) is 4.79 Å². The van der Waals surface area contributed by atoms with Crippen molar-refractivity contribution in [2.75, 3.05) is 32.1 Å². The lowest BCUT2D eigenvalue weighted by molar-refractivity contribution is 0.0574. The number of nitrogens with zero attached hydrogens (tertiary/aromatic N) is 2. The number of carbonyl (C=O) groups excluding carboxylic acids is 1. The molecular formula is C14H23N3O2. The maximum Gasteiger partial charge on any atom is 0.272 e. The molecule has 1 N–H and O–H groups in total. The van der Waals surface area contributed by atoms with E-state index in [1.54, 1.807) is 24.3 Å². The van der Waals surface area contributed by atoms with Gasteiger partial charge in [-0.3, -0.25) is 4.79 Å². The highest BCUT2D eigenvalue weighted by molar-refractivity contribution is 5.92. The minimum atomic E-state index is -0.0601. The number of ether oxygens (including phenoxy) is 1. The van der Waals surface area contributed by atoms with Crippen molar-refractivity contribution in [3.8, 4) is 0 Å². The summed E-state index contributed by atoms with van der Waals surface area (Å²) < 4.78 is 5.10. The van der Waals surface area contributed by atoms with Gasteiger partial charge in [-0.05, 0) is 32.9 Å². The third-order valence-corrected chi connectivity index (χ3v) is 2.90. The molecule has 5 nitrogen and oxygen atoms in total. The van der Waals surface area contributed by atoms with Gasteiger partial charge >= 0.3 is 0 Å². The molecule has 1 heterocycles. The van der Waals surface area contributed by atoms with E-state index in [1.807, 2.05) is 26.8 Å². The van der Waals surface area contributed by atoms with Crippen LogP contribution < -0.4 is 5.32 Å². The average Bonchev–Trinajstić information content (AvgIpc) is 2.41. The third-order valence-electron chi connectivity index (χ3n) is 2.90. The zero-order valence-corrected chi connectivity index (χ0v) is 12.1. The highest BCUT2D eigenvalue weighted by Gasteiger charge is 2.20. The Kier molecular flexibility index (Phi) is 6.29. The molecule has 0 bridgehead atoms. The number of methoxy groups -OCH3 is 1. The fraction of sp³-hybridized carbons (Fsp3) is 0.571. The Morgan fingerprint density at radius 1 is 1.47 bits per heavy atom. The largest absolute Gasteiger partial charge is 0.384 e. The minimum Gasteiger partial charge on any atom is -0.384 e. The van der Waals surface area contributed by atoms with Crippen molar-refractivity contribution in [2.24, 2.45) is 0 Å². The first-order valence-electron chi connectivity index (χ1n) is 6.63. The summed E-state index contributed by atoms with van der Waals surface area (Å²) in [6, 6.07) is 3.67. The number of hydrogen-bond donors (Lipinski definition) is 1. The average molecular weight is 265 g/mol. The van der Waals surface area contributed by atoms with Crippen LogP contribution in [0.3, 0.4) is 0 Å². The topological polar surface area (TPSA) is 54.5 Å². The van der Waals surface area contributed by atoms with Gasteiger partial charge < -0.3 is 15.0 Å². The monoisotopic (exact) mass is 265 g/mol. The first-order valence-corrected chi connectivity index (χ1v) is 6.63. The zero-order chi connectivity index (χ0) is 14.3. The standard InChI is InChI=1S/C14H23N3O2/c1-5-15-12-7-8-13(16-9-12)14(18)17(6-2)11(3)10-19-4/h7-9,11,15H,5-6,10H2,1-4H3. The fourth-order valence-electron chi connectivity index (χ4n) is 1.96. The Labute approximate surface area is 115 Å². The first kappa shape index (κ1) is 15.4. The van der Waals surface area contributed by atoms with Gasteiger partial charge in [0, 0.05) is 20.2 Å². The summed E-state index contributed by atoms with van der Waals surface area (Å²) in [5, 5.41) is 3.15. The van der Waals surface area contributed by atoms with Crippen molar-refractivity contribution >= 4 is 11.6 Å². The summed E-state index contributed by atoms with van der Waals surface area (Å²) in [5.74, 6) is -0.0601. The Balaban J connectivity index is 2.79. The van der Waals surface area contributed by atoms with E-state index in [4.69, 9.17) is 4.74 Å². The van der Waals surface area contributed by atoms with Gasteiger partial charge in [0.05, 0.1) is 24.5 Å². The van der Waals surface area contributed by atoms with Gasteiger partial charge in [0.1, 0.15) is 5.69 Å². The van der Waals surface area contributed by atoms with Crippen molar-refractivity contribution < 1.29 is 9.53 Å². The number of rotatable bonds is 7. The van der Waals surface area contributed by atoms with Crippen molar-refractivity contribution in [3.05, 3.63) is 24.0 Å². The van der Waals surface area contributed by atoms with Crippen LogP contribution in [-0.2, 0) is 4.74 Å². The van der Waals surface area contributed by atoms with E-state index in [2.05, 4.69) is 10.3 Å². The Morgan fingerprint density at radius 3 is 2.68 bits per heavy atom. The predicted octanol–water partition coefficient (Wildman–Crippen LogP) is 2.01. The lowest BCUT2D eigenvalue weighted by Gasteiger charge is -2.27. The second-order valence-electron chi connectivity index (χ2n) is 4.36. The molecule has 1 aromatic heterocycles. The van der Waals surface area contributed by atoms with Crippen LogP contribution in [-0.4, -0.2) is 48.6 Å². The summed E-state index contributed by atoms with van der Waals surface area (Å²) >= 11 is 0. The normalized spacial score (nSPS) is 12.0. The SMILES string of the molecule is CCNc1ccc(C(=O)N(CC)C(C)COC)nc1. The molecule has 1 rings (SSSR count). The molecule has 5 heteroatoms. The number of carbonyl (C=O) groups is 1. The Morgan fingerprint density at radius 2 is 2.21 bits per heavy atom. The lowest BCUT2D eigenvalue weighted by atomic mass is 10.2. The van der Waals surface area contributed by atoms with E-state index in [-0.39, 0.29) is 11.9 Å². The second-order valence-corrected chi connectivity index (χ2v) is 4.36. The van der Waals surface area contributed by atoms with Crippen molar-refractivity contribution in [1.82, 2.24) is 9.88 Å². The van der Waals surface area contributed by atoms with Crippen LogP contribution in [0.25, 0.3) is 0 Å². The van der Waals surface area contributed by atoms with Crippen LogP contribution in [0.2, 0.25) is 0 Å². The molecule has 1 aromatic rings. The van der Waals surface area contributed by atoms with Gasteiger partial charge in [0.2, 0.25) is 0 Å². The molecule has 0 spiro atoms. The number of hydrogen-bond acceptors (Lipinski definition) is 4. The van der Waals surface area contributed by atoms with Crippen molar-refractivity contribution in [3.63, 3.8) is 0 Å². The maximum atomic E-state index is 12.3. The highest BCUT2D eigenvalue weighted by Crippen LogP contribution is 2.10. The highest BCUT2D eigenvalue weighted by atomic mass is 16.5. The molecule has 1 unspecified atom stereocenters. The molecule has 0 radical (unpaired) electrons. The fourth-order valence-corrected chi connectivity index (χ4v) is 1.96. The van der Waals surface area contributed by atoms with Gasteiger partial charge in [-0.1, -0.05) is 0 Å². The maximum absolute atomic E-state index is 12.3. The third kappa shape index (κ3) is 4.21. The molecule has 0 fully saturated rings. The van der Waals surface area contributed by atoms with Crippen LogP contribution in [0.4, 0.5) is 5.69 Å². The summed E-state index contributed by atoms with van der Waals surface area (Å²) in [6.45, 7) is 7.94. The summed E-state index contributed by atoms with van der Waals surface area (Å²) in [4.78, 5) is 18.3. The molecule has 19 heavy (non-hydrogen) atoms. The number of likely N-dealkylation sites (N-methyl/N-ethyl adjacent to an activating group) is 1.